The van der Waals surface area contributed by atoms with Gasteiger partial charge in [0.15, 0.2) is 0 Å². The Bertz CT molecular complexity index is 263. The summed E-state index contributed by atoms with van der Waals surface area (Å²) < 4.78 is 0. The van der Waals surface area contributed by atoms with E-state index < -0.39 is 5.97 Å². The molecule has 1 aliphatic heterocycles. The molecule has 2 unspecified atom stereocenters. The molecule has 1 heterocycles. The summed E-state index contributed by atoms with van der Waals surface area (Å²) in [5.74, 6) is -0.103. The third-order valence-electron chi connectivity index (χ3n) is 3.61. The molecular weight excluding hydrogens is 202 g/mol. The molecule has 92 valence electrons. The monoisotopic (exact) mass is 225 g/mol. The number of carbonyl (C=O) groups is 1. The van der Waals surface area contributed by atoms with E-state index in [1.54, 1.807) is 0 Å². The van der Waals surface area contributed by atoms with Crippen molar-refractivity contribution in [3.63, 3.8) is 0 Å². The number of carboxylic acid groups (broad SMARTS) is 1. The Morgan fingerprint density at radius 2 is 2.19 bits per heavy atom. The summed E-state index contributed by atoms with van der Waals surface area (Å²) in [6.45, 7) is 9.81. The fourth-order valence-corrected chi connectivity index (χ4v) is 2.30. The molecule has 0 radical (unpaired) electrons. The number of hydrogen-bond acceptors (Lipinski definition) is 2. The molecule has 0 aliphatic carbocycles. The van der Waals surface area contributed by atoms with Crippen LogP contribution in [-0.4, -0.2) is 35.1 Å². The van der Waals surface area contributed by atoms with E-state index in [9.17, 15) is 9.90 Å². The lowest BCUT2D eigenvalue weighted by molar-refractivity contribution is -0.145. The number of aliphatic carboxylic acids is 1. The minimum absolute atomic E-state index is 0.304. The molecule has 3 nitrogen and oxygen atoms in total. The van der Waals surface area contributed by atoms with E-state index in [4.69, 9.17) is 0 Å². The first-order valence-electron chi connectivity index (χ1n) is 6.21. The van der Waals surface area contributed by atoms with Crippen molar-refractivity contribution in [2.24, 2.45) is 5.92 Å². The van der Waals surface area contributed by atoms with Gasteiger partial charge in [0, 0.05) is 6.54 Å². The molecule has 16 heavy (non-hydrogen) atoms. The van der Waals surface area contributed by atoms with Crippen molar-refractivity contribution in [2.45, 2.75) is 45.6 Å². The van der Waals surface area contributed by atoms with E-state index in [1.807, 2.05) is 0 Å². The van der Waals surface area contributed by atoms with Gasteiger partial charge in [-0.05, 0) is 31.7 Å². The van der Waals surface area contributed by atoms with Crippen molar-refractivity contribution in [1.29, 1.82) is 0 Å². The summed E-state index contributed by atoms with van der Waals surface area (Å²) in [5.41, 5.74) is 1.13. The first-order valence-corrected chi connectivity index (χ1v) is 6.21. The lowest BCUT2D eigenvalue weighted by Gasteiger charge is -2.37. The molecule has 1 saturated heterocycles. The van der Waals surface area contributed by atoms with Crippen molar-refractivity contribution >= 4 is 5.97 Å². The van der Waals surface area contributed by atoms with Gasteiger partial charge in [0.25, 0.3) is 0 Å². The van der Waals surface area contributed by atoms with Crippen LogP contribution in [0, 0.1) is 5.92 Å². The van der Waals surface area contributed by atoms with Gasteiger partial charge in [0.05, 0.1) is 0 Å². The van der Waals surface area contributed by atoms with Crippen LogP contribution in [0.15, 0.2) is 12.2 Å². The highest BCUT2D eigenvalue weighted by Gasteiger charge is 2.32. The number of hydrogen-bond donors (Lipinski definition) is 1. The molecule has 0 spiro atoms. The molecular formula is C13H23NO2. The third-order valence-corrected chi connectivity index (χ3v) is 3.61. The zero-order valence-corrected chi connectivity index (χ0v) is 10.4. The number of likely N-dealkylation sites (tertiary alicyclic amines) is 1. The van der Waals surface area contributed by atoms with Crippen LogP contribution in [0.4, 0.5) is 0 Å². The third kappa shape index (κ3) is 3.34. The SMILES string of the molecule is C=C(CC)CN1CCC(CC)CC1C(=O)O. The minimum Gasteiger partial charge on any atom is -0.480 e. The van der Waals surface area contributed by atoms with Crippen LogP contribution in [0.2, 0.25) is 0 Å². The first-order chi connectivity index (χ1) is 7.58. The predicted octanol–water partition coefficient (Wildman–Crippen LogP) is 2.53. The summed E-state index contributed by atoms with van der Waals surface area (Å²) in [6, 6.07) is -0.304. The molecule has 1 N–H and O–H groups in total. The van der Waals surface area contributed by atoms with Gasteiger partial charge in [0.1, 0.15) is 6.04 Å². The van der Waals surface area contributed by atoms with Gasteiger partial charge in [0.2, 0.25) is 0 Å². The zero-order valence-electron chi connectivity index (χ0n) is 10.4. The molecule has 2 atom stereocenters. The Labute approximate surface area is 98.1 Å². The lowest BCUT2D eigenvalue weighted by Crippen LogP contribution is -2.47. The molecule has 1 fully saturated rings. The Morgan fingerprint density at radius 3 is 2.69 bits per heavy atom. The first kappa shape index (κ1) is 13.2. The molecule has 0 amide bonds. The molecule has 1 aliphatic rings. The maximum absolute atomic E-state index is 11.2. The van der Waals surface area contributed by atoms with E-state index >= 15 is 0 Å². The van der Waals surface area contributed by atoms with Crippen molar-refractivity contribution < 1.29 is 9.90 Å². The summed E-state index contributed by atoms with van der Waals surface area (Å²) in [6.07, 6.45) is 3.94. The lowest BCUT2D eigenvalue weighted by atomic mass is 9.88. The van der Waals surface area contributed by atoms with E-state index in [0.717, 1.165) is 44.3 Å². The maximum atomic E-state index is 11.2. The van der Waals surface area contributed by atoms with E-state index in [-0.39, 0.29) is 6.04 Å². The Hall–Kier alpha value is -0.830. The largest absolute Gasteiger partial charge is 0.480 e. The second-order valence-corrected chi connectivity index (χ2v) is 4.73. The Kier molecular flexibility index (Phi) is 5.00. The maximum Gasteiger partial charge on any atom is 0.320 e. The van der Waals surface area contributed by atoms with Crippen LogP contribution in [0.5, 0.6) is 0 Å². The number of carboxylic acids is 1. The van der Waals surface area contributed by atoms with Gasteiger partial charge in [-0.3, -0.25) is 9.69 Å². The van der Waals surface area contributed by atoms with Crippen LogP contribution >= 0.6 is 0 Å². The second-order valence-electron chi connectivity index (χ2n) is 4.73. The van der Waals surface area contributed by atoms with Crippen molar-refractivity contribution in [3.8, 4) is 0 Å². The fourth-order valence-electron chi connectivity index (χ4n) is 2.30. The number of nitrogens with zero attached hydrogens (tertiary/aromatic N) is 1. The topological polar surface area (TPSA) is 40.5 Å². The van der Waals surface area contributed by atoms with Gasteiger partial charge in [-0.2, -0.15) is 0 Å². The minimum atomic E-state index is -0.679. The standard InChI is InChI=1S/C13H23NO2/c1-4-10(3)9-14-7-6-11(5-2)8-12(14)13(15)16/h11-12H,3-9H2,1-2H3,(H,15,16). The summed E-state index contributed by atoms with van der Waals surface area (Å²) in [5, 5.41) is 9.24. The van der Waals surface area contributed by atoms with Gasteiger partial charge in [-0.25, -0.2) is 0 Å². The van der Waals surface area contributed by atoms with Crippen LogP contribution in [0.1, 0.15) is 39.5 Å². The predicted molar refractivity (Wildman–Crippen MR) is 65.4 cm³/mol. The van der Waals surface area contributed by atoms with Crippen LogP contribution in [0.25, 0.3) is 0 Å². The summed E-state index contributed by atoms with van der Waals surface area (Å²) >= 11 is 0. The van der Waals surface area contributed by atoms with Gasteiger partial charge < -0.3 is 5.11 Å². The van der Waals surface area contributed by atoms with E-state index in [0.29, 0.717) is 5.92 Å². The number of rotatable bonds is 5. The van der Waals surface area contributed by atoms with Crippen molar-refractivity contribution in [3.05, 3.63) is 12.2 Å². The molecule has 0 saturated carbocycles. The smallest absolute Gasteiger partial charge is 0.320 e. The normalized spacial score (nSPS) is 26.6. The molecule has 0 bridgehead atoms. The molecule has 0 aromatic carbocycles. The zero-order chi connectivity index (χ0) is 12.1. The molecule has 0 aromatic heterocycles. The van der Waals surface area contributed by atoms with Gasteiger partial charge in [-0.15, -0.1) is 0 Å². The Balaban J connectivity index is 2.61. The molecule has 1 rings (SSSR count). The van der Waals surface area contributed by atoms with Crippen molar-refractivity contribution in [1.82, 2.24) is 4.90 Å². The summed E-state index contributed by atoms with van der Waals surface area (Å²) in [7, 11) is 0. The van der Waals surface area contributed by atoms with E-state index in [1.165, 1.54) is 0 Å². The fraction of sp³-hybridized carbons (Fsp3) is 0.769. The van der Waals surface area contributed by atoms with E-state index in [2.05, 4.69) is 25.3 Å². The highest BCUT2D eigenvalue weighted by Crippen LogP contribution is 2.26. The van der Waals surface area contributed by atoms with Gasteiger partial charge >= 0.3 is 5.97 Å². The van der Waals surface area contributed by atoms with Crippen LogP contribution in [-0.2, 0) is 4.79 Å². The highest BCUT2D eigenvalue weighted by molar-refractivity contribution is 5.73. The summed E-state index contributed by atoms with van der Waals surface area (Å²) in [4.78, 5) is 13.3. The highest BCUT2D eigenvalue weighted by atomic mass is 16.4. The Morgan fingerprint density at radius 1 is 1.50 bits per heavy atom. The number of piperidine rings is 1. The van der Waals surface area contributed by atoms with Crippen molar-refractivity contribution in [2.75, 3.05) is 13.1 Å². The van der Waals surface area contributed by atoms with Gasteiger partial charge in [-0.1, -0.05) is 32.4 Å². The quantitative estimate of drug-likeness (QED) is 0.731. The molecule has 0 aromatic rings. The molecule has 3 heteroatoms. The average Bonchev–Trinajstić information content (AvgIpc) is 2.29. The van der Waals surface area contributed by atoms with Crippen LogP contribution in [0.3, 0.4) is 0 Å². The average molecular weight is 225 g/mol. The second kappa shape index (κ2) is 6.04. The van der Waals surface area contributed by atoms with Crippen LogP contribution < -0.4 is 0 Å².